The van der Waals surface area contributed by atoms with Gasteiger partial charge in [-0.1, -0.05) is 24.9 Å². The van der Waals surface area contributed by atoms with Gasteiger partial charge in [0.05, 0.1) is 16.6 Å². The van der Waals surface area contributed by atoms with Crippen molar-refractivity contribution in [2.45, 2.75) is 38.2 Å². The number of carbonyl (C=O) groups excluding carboxylic acids is 1. The number of ether oxygens (including phenoxy) is 2. The molecule has 1 aliphatic heterocycles. The first kappa shape index (κ1) is 18.5. The van der Waals surface area contributed by atoms with Crippen LogP contribution < -0.4 is 10.1 Å². The molecular formula is C16H21ClN2O5. The Balaban J connectivity index is 2.19. The molecule has 0 unspecified atom stereocenters. The lowest BCUT2D eigenvalue weighted by atomic mass is 9.92. The number of nitrogens with zero attached hydrogens (tertiary/aromatic N) is 1. The summed E-state index contributed by atoms with van der Waals surface area (Å²) in [6, 6.07) is 3.94. The van der Waals surface area contributed by atoms with Gasteiger partial charge in [0, 0.05) is 25.0 Å². The fourth-order valence-electron chi connectivity index (χ4n) is 2.52. The number of esters is 1. The van der Waals surface area contributed by atoms with E-state index in [9.17, 15) is 14.9 Å². The first-order valence-electron chi connectivity index (χ1n) is 7.99. The van der Waals surface area contributed by atoms with Crippen LogP contribution in [0, 0.1) is 10.1 Å². The van der Waals surface area contributed by atoms with E-state index in [1.165, 1.54) is 18.2 Å². The van der Waals surface area contributed by atoms with E-state index >= 15 is 0 Å². The Kier molecular flexibility index (Phi) is 6.39. The van der Waals surface area contributed by atoms with Gasteiger partial charge >= 0.3 is 5.97 Å². The highest BCUT2D eigenvalue weighted by molar-refractivity contribution is 6.32. The Labute approximate surface area is 145 Å². The lowest BCUT2D eigenvalue weighted by Crippen LogP contribution is -2.53. The number of carbonyl (C=O) groups is 1. The van der Waals surface area contributed by atoms with Gasteiger partial charge in [0.2, 0.25) is 5.60 Å². The quantitative estimate of drug-likeness (QED) is 0.349. The number of rotatable bonds is 7. The Morgan fingerprint density at radius 1 is 1.42 bits per heavy atom. The zero-order valence-electron chi connectivity index (χ0n) is 13.5. The molecule has 0 aliphatic carbocycles. The number of hydrogen-bond donors (Lipinski definition) is 1. The molecule has 0 amide bonds. The molecule has 1 saturated heterocycles. The zero-order valence-corrected chi connectivity index (χ0v) is 14.3. The lowest BCUT2D eigenvalue weighted by molar-refractivity contribution is -0.384. The highest BCUT2D eigenvalue weighted by atomic mass is 35.5. The minimum atomic E-state index is -1.11. The largest absolute Gasteiger partial charge is 0.474 e. The maximum Gasteiger partial charge on any atom is 0.350 e. The number of unbranched alkanes of at least 4 members (excludes halogenated alkanes) is 1. The normalized spacial score (nSPS) is 16.4. The van der Waals surface area contributed by atoms with Crippen molar-refractivity contribution in [3.8, 4) is 5.75 Å². The maximum absolute atomic E-state index is 12.6. The molecular weight excluding hydrogens is 336 g/mol. The molecule has 0 atom stereocenters. The van der Waals surface area contributed by atoms with Crippen molar-refractivity contribution in [3.05, 3.63) is 33.3 Å². The van der Waals surface area contributed by atoms with Gasteiger partial charge in [0.1, 0.15) is 5.75 Å². The fourth-order valence-corrected chi connectivity index (χ4v) is 2.73. The van der Waals surface area contributed by atoms with Crippen LogP contribution in [0.4, 0.5) is 5.69 Å². The van der Waals surface area contributed by atoms with E-state index in [0.717, 1.165) is 12.8 Å². The Morgan fingerprint density at radius 3 is 2.71 bits per heavy atom. The first-order chi connectivity index (χ1) is 11.5. The van der Waals surface area contributed by atoms with Crippen LogP contribution in [0.5, 0.6) is 5.75 Å². The summed E-state index contributed by atoms with van der Waals surface area (Å²) in [6.07, 6.45) is 2.62. The van der Waals surface area contributed by atoms with E-state index in [4.69, 9.17) is 21.1 Å². The highest BCUT2D eigenvalue weighted by Gasteiger charge is 2.44. The highest BCUT2D eigenvalue weighted by Crippen LogP contribution is 2.34. The number of halogens is 1. The summed E-state index contributed by atoms with van der Waals surface area (Å²) in [6.45, 7) is 3.60. The van der Waals surface area contributed by atoms with Crippen LogP contribution in [0.3, 0.4) is 0 Å². The minimum absolute atomic E-state index is 0.100. The van der Waals surface area contributed by atoms with Crippen LogP contribution in [-0.4, -0.2) is 36.2 Å². The van der Waals surface area contributed by atoms with Crippen LogP contribution >= 0.6 is 11.6 Å². The molecule has 1 aromatic carbocycles. The number of piperidine rings is 1. The van der Waals surface area contributed by atoms with E-state index in [2.05, 4.69) is 5.32 Å². The molecule has 24 heavy (non-hydrogen) atoms. The van der Waals surface area contributed by atoms with Crippen molar-refractivity contribution < 1.29 is 19.2 Å². The molecule has 1 heterocycles. The van der Waals surface area contributed by atoms with Gasteiger partial charge in [0.15, 0.2) is 0 Å². The molecule has 0 saturated carbocycles. The minimum Gasteiger partial charge on any atom is -0.474 e. The second kappa shape index (κ2) is 8.30. The van der Waals surface area contributed by atoms with Gasteiger partial charge in [-0.05, 0) is 25.6 Å². The smallest absolute Gasteiger partial charge is 0.350 e. The van der Waals surface area contributed by atoms with E-state index in [1.807, 2.05) is 6.92 Å². The predicted octanol–water partition coefficient (Wildman–Crippen LogP) is 3.09. The number of nitro benzene ring substituents is 1. The van der Waals surface area contributed by atoms with E-state index in [0.29, 0.717) is 32.5 Å². The van der Waals surface area contributed by atoms with Gasteiger partial charge in [-0.25, -0.2) is 4.79 Å². The third kappa shape index (κ3) is 4.36. The van der Waals surface area contributed by atoms with Crippen LogP contribution in [-0.2, 0) is 9.53 Å². The number of hydrogen-bond acceptors (Lipinski definition) is 6. The summed E-state index contributed by atoms with van der Waals surface area (Å²) < 4.78 is 11.3. The second-order valence-electron chi connectivity index (χ2n) is 5.71. The van der Waals surface area contributed by atoms with Crippen molar-refractivity contribution in [2.24, 2.45) is 0 Å². The van der Waals surface area contributed by atoms with Crippen molar-refractivity contribution >= 4 is 23.3 Å². The summed E-state index contributed by atoms with van der Waals surface area (Å²) in [5, 5.41) is 14.1. The maximum atomic E-state index is 12.6. The molecule has 132 valence electrons. The summed E-state index contributed by atoms with van der Waals surface area (Å²) >= 11 is 6.09. The molecule has 8 heteroatoms. The van der Waals surface area contributed by atoms with Crippen LogP contribution in [0.15, 0.2) is 18.2 Å². The molecule has 2 rings (SSSR count). The summed E-state index contributed by atoms with van der Waals surface area (Å²) in [4.78, 5) is 22.8. The number of non-ortho nitro benzene ring substituents is 1. The Morgan fingerprint density at radius 2 is 2.12 bits per heavy atom. The Hall–Kier alpha value is -1.86. The summed E-state index contributed by atoms with van der Waals surface area (Å²) in [7, 11) is 0. The number of benzene rings is 1. The van der Waals surface area contributed by atoms with Gasteiger partial charge in [-0.3, -0.25) is 10.1 Å². The Bertz CT molecular complexity index is 602. The van der Waals surface area contributed by atoms with Crippen LogP contribution in [0.2, 0.25) is 5.02 Å². The van der Waals surface area contributed by atoms with Crippen molar-refractivity contribution in [1.29, 1.82) is 0 Å². The molecule has 1 fully saturated rings. The van der Waals surface area contributed by atoms with Gasteiger partial charge in [-0.2, -0.15) is 0 Å². The van der Waals surface area contributed by atoms with E-state index in [1.54, 1.807) is 0 Å². The summed E-state index contributed by atoms with van der Waals surface area (Å²) in [5.41, 5.74) is -1.24. The summed E-state index contributed by atoms with van der Waals surface area (Å²) in [5.74, 6) is -0.163. The van der Waals surface area contributed by atoms with Gasteiger partial charge in [-0.15, -0.1) is 0 Å². The monoisotopic (exact) mass is 356 g/mol. The molecule has 0 radical (unpaired) electrons. The molecule has 1 N–H and O–H groups in total. The molecule has 7 nitrogen and oxygen atoms in total. The molecule has 0 aromatic heterocycles. The molecule has 0 spiro atoms. The van der Waals surface area contributed by atoms with Crippen LogP contribution in [0.25, 0.3) is 0 Å². The SMILES string of the molecule is CCCCOC(=O)C1(Oc2ccc([N+](=O)[O-])cc2Cl)CCNCC1. The predicted molar refractivity (Wildman–Crippen MR) is 89.4 cm³/mol. The molecule has 0 bridgehead atoms. The average molecular weight is 357 g/mol. The van der Waals surface area contributed by atoms with E-state index in [-0.39, 0.29) is 16.5 Å². The number of nitrogens with one attached hydrogen (secondary N) is 1. The first-order valence-corrected chi connectivity index (χ1v) is 8.37. The molecule has 1 aliphatic rings. The fraction of sp³-hybridized carbons (Fsp3) is 0.562. The molecule has 1 aromatic rings. The lowest BCUT2D eigenvalue weighted by Gasteiger charge is -2.35. The standard InChI is InChI=1S/C16H21ClN2O5/c1-2-3-10-23-15(20)16(6-8-18-9-7-16)24-14-5-4-12(19(21)22)11-13(14)17/h4-5,11,18H,2-3,6-10H2,1H3. The third-order valence-electron chi connectivity index (χ3n) is 3.95. The van der Waals surface area contributed by atoms with Crippen LogP contribution in [0.1, 0.15) is 32.6 Å². The topological polar surface area (TPSA) is 90.7 Å². The van der Waals surface area contributed by atoms with Crippen molar-refractivity contribution in [1.82, 2.24) is 5.32 Å². The van der Waals surface area contributed by atoms with Gasteiger partial charge < -0.3 is 14.8 Å². The van der Waals surface area contributed by atoms with Gasteiger partial charge in [0.25, 0.3) is 5.69 Å². The van der Waals surface area contributed by atoms with E-state index < -0.39 is 16.5 Å². The number of nitro groups is 1. The van der Waals surface area contributed by atoms with Crippen molar-refractivity contribution in [2.75, 3.05) is 19.7 Å². The zero-order chi connectivity index (χ0) is 17.6. The third-order valence-corrected chi connectivity index (χ3v) is 4.24. The average Bonchev–Trinajstić information content (AvgIpc) is 2.57. The second-order valence-corrected chi connectivity index (χ2v) is 6.11. The van der Waals surface area contributed by atoms with Crippen molar-refractivity contribution in [3.63, 3.8) is 0 Å².